The van der Waals surface area contributed by atoms with Gasteiger partial charge < -0.3 is 10.2 Å². The number of pyridine rings is 1. The summed E-state index contributed by atoms with van der Waals surface area (Å²) in [4.78, 5) is 30.8. The van der Waals surface area contributed by atoms with E-state index < -0.39 is 0 Å². The number of carbonyl (C=O) groups excluding carboxylic acids is 2. The molecular formula is C18H19N3O2S. The quantitative estimate of drug-likeness (QED) is 0.930. The fourth-order valence-electron chi connectivity index (χ4n) is 3.62. The lowest BCUT2D eigenvalue weighted by molar-refractivity contribution is -0.138. The number of hydrogen-bond acceptors (Lipinski definition) is 4. The third kappa shape index (κ3) is 2.45. The number of para-hydroxylation sites is 1. The standard InChI is InChI=1S/C18H19N3O2S/c1-18-8-7-15(22)21(18)14(11-24-18)17(23)20-10-13-5-2-4-12-6-3-9-19-16(12)13/h2-6,9,14H,7-8,10-11H2,1H3,(H,20,23)/t14-,18-/m1/s1. The van der Waals surface area contributed by atoms with Crippen LogP contribution < -0.4 is 5.32 Å². The van der Waals surface area contributed by atoms with E-state index in [1.54, 1.807) is 22.9 Å². The van der Waals surface area contributed by atoms with Gasteiger partial charge in [-0.1, -0.05) is 24.3 Å². The van der Waals surface area contributed by atoms with E-state index in [2.05, 4.69) is 17.2 Å². The molecule has 3 heterocycles. The van der Waals surface area contributed by atoms with Gasteiger partial charge in [-0.05, 0) is 25.0 Å². The van der Waals surface area contributed by atoms with Crippen molar-refractivity contribution in [1.82, 2.24) is 15.2 Å². The lowest BCUT2D eigenvalue weighted by Crippen LogP contribution is -2.49. The average molecular weight is 341 g/mol. The van der Waals surface area contributed by atoms with Crippen LogP contribution >= 0.6 is 11.8 Å². The normalized spacial score (nSPS) is 26.0. The third-order valence-corrected chi connectivity index (χ3v) is 6.42. The number of nitrogens with zero attached hydrogens (tertiary/aromatic N) is 2. The smallest absolute Gasteiger partial charge is 0.243 e. The summed E-state index contributed by atoms with van der Waals surface area (Å²) in [6, 6.07) is 9.51. The minimum Gasteiger partial charge on any atom is -0.350 e. The molecule has 0 spiro atoms. The van der Waals surface area contributed by atoms with Crippen LogP contribution in [0.3, 0.4) is 0 Å². The number of carbonyl (C=O) groups is 2. The Hall–Kier alpha value is -2.08. The van der Waals surface area contributed by atoms with Gasteiger partial charge in [-0.2, -0.15) is 0 Å². The molecular weight excluding hydrogens is 322 g/mol. The number of hydrogen-bond donors (Lipinski definition) is 1. The molecule has 1 aromatic carbocycles. The summed E-state index contributed by atoms with van der Waals surface area (Å²) in [7, 11) is 0. The molecule has 1 N–H and O–H groups in total. The molecule has 2 aliphatic heterocycles. The Labute approximate surface area is 144 Å². The Kier molecular flexibility index (Phi) is 3.72. The van der Waals surface area contributed by atoms with E-state index in [4.69, 9.17) is 0 Å². The van der Waals surface area contributed by atoms with Crippen molar-refractivity contribution in [1.29, 1.82) is 0 Å². The maximum atomic E-state index is 12.6. The van der Waals surface area contributed by atoms with Crippen LogP contribution in [0.4, 0.5) is 0 Å². The van der Waals surface area contributed by atoms with Gasteiger partial charge in [-0.15, -0.1) is 11.8 Å². The zero-order valence-corrected chi connectivity index (χ0v) is 14.3. The van der Waals surface area contributed by atoms with Crippen LogP contribution in [0.1, 0.15) is 25.3 Å². The molecule has 1 aromatic heterocycles. The molecule has 0 saturated carbocycles. The topological polar surface area (TPSA) is 62.3 Å². The zero-order chi connectivity index (χ0) is 16.7. The van der Waals surface area contributed by atoms with Gasteiger partial charge in [0.1, 0.15) is 6.04 Å². The van der Waals surface area contributed by atoms with Gasteiger partial charge in [0.2, 0.25) is 11.8 Å². The largest absolute Gasteiger partial charge is 0.350 e. The first-order chi connectivity index (χ1) is 11.6. The summed E-state index contributed by atoms with van der Waals surface area (Å²) in [6.07, 6.45) is 3.13. The number of nitrogens with one attached hydrogen (secondary N) is 1. The van der Waals surface area contributed by atoms with Crippen molar-refractivity contribution >= 4 is 34.5 Å². The lowest BCUT2D eigenvalue weighted by Gasteiger charge is -2.29. The van der Waals surface area contributed by atoms with Crippen LogP contribution in [0, 0.1) is 0 Å². The second-order valence-corrected chi connectivity index (χ2v) is 7.98. The van der Waals surface area contributed by atoms with Crippen LogP contribution in [-0.2, 0) is 16.1 Å². The fraction of sp³-hybridized carbons (Fsp3) is 0.389. The highest BCUT2D eigenvalue weighted by molar-refractivity contribution is 8.01. The van der Waals surface area contributed by atoms with Gasteiger partial charge in [0, 0.05) is 30.3 Å². The molecule has 0 unspecified atom stereocenters. The highest BCUT2D eigenvalue weighted by atomic mass is 32.2. The molecule has 2 aliphatic rings. The van der Waals surface area contributed by atoms with Crippen molar-refractivity contribution < 1.29 is 9.59 Å². The number of amides is 2. The van der Waals surface area contributed by atoms with E-state index in [1.165, 1.54) is 0 Å². The van der Waals surface area contributed by atoms with Crippen LogP contribution in [0.15, 0.2) is 36.5 Å². The van der Waals surface area contributed by atoms with Crippen molar-refractivity contribution in [3.63, 3.8) is 0 Å². The van der Waals surface area contributed by atoms with E-state index >= 15 is 0 Å². The number of fused-ring (bicyclic) bond motifs is 2. The average Bonchev–Trinajstić information content (AvgIpc) is 3.09. The molecule has 124 valence electrons. The van der Waals surface area contributed by atoms with E-state index in [0.29, 0.717) is 18.7 Å². The Morgan fingerprint density at radius 2 is 2.25 bits per heavy atom. The van der Waals surface area contributed by atoms with Crippen LogP contribution in [0.5, 0.6) is 0 Å². The van der Waals surface area contributed by atoms with Crippen molar-refractivity contribution in [2.45, 2.75) is 37.2 Å². The SMILES string of the molecule is C[C@@]12CCC(=O)N1[C@@H](C(=O)NCc1cccc3cccnc13)CS2. The number of thioether (sulfide) groups is 1. The summed E-state index contributed by atoms with van der Waals surface area (Å²) in [5, 5.41) is 4.06. The number of rotatable bonds is 3. The monoisotopic (exact) mass is 341 g/mol. The second kappa shape index (κ2) is 5.77. The molecule has 6 heteroatoms. The highest BCUT2D eigenvalue weighted by Gasteiger charge is 2.52. The molecule has 0 radical (unpaired) electrons. The molecule has 2 amide bonds. The molecule has 2 saturated heterocycles. The third-order valence-electron chi connectivity index (χ3n) is 4.92. The van der Waals surface area contributed by atoms with E-state index in [0.717, 1.165) is 22.9 Å². The zero-order valence-electron chi connectivity index (χ0n) is 13.5. The van der Waals surface area contributed by atoms with E-state index in [9.17, 15) is 9.59 Å². The van der Waals surface area contributed by atoms with Crippen molar-refractivity contribution in [3.05, 3.63) is 42.1 Å². The predicted molar refractivity (Wildman–Crippen MR) is 94.3 cm³/mol. The molecule has 2 fully saturated rings. The minimum absolute atomic E-state index is 0.0746. The van der Waals surface area contributed by atoms with Gasteiger partial charge >= 0.3 is 0 Å². The van der Waals surface area contributed by atoms with Crippen molar-refractivity contribution in [2.75, 3.05) is 5.75 Å². The Bertz CT molecular complexity index is 820. The molecule has 0 aliphatic carbocycles. The predicted octanol–water partition coefficient (Wildman–Crippen LogP) is 2.30. The Balaban J connectivity index is 1.50. The Morgan fingerprint density at radius 3 is 3.12 bits per heavy atom. The molecule has 0 bridgehead atoms. The first-order valence-corrected chi connectivity index (χ1v) is 9.13. The maximum Gasteiger partial charge on any atom is 0.243 e. The summed E-state index contributed by atoms with van der Waals surface area (Å²) < 4.78 is 0. The van der Waals surface area contributed by atoms with Crippen molar-refractivity contribution in [3.8, 4) is 0 Å². The fourth-order valence-corrected chi connectivity index (χ4v) is 5.06. The van der Waals surface area contributed by atoms with Crippen LogP contribution in [-0.4, -0.2) is 38.4 Å². The van der Waals surface area contributed by atoms with Crippen LogP contribution in [0.25, 0.3) is 10.9 Å². The van der Waals surface area contributed by atoms with Gasteiger partial charge in [-0.3, -0.25) is 14.6 Å². The lowest BCUT2D eigenvalue weighted by atomic mass is 10.1. The second-order valence-electron chi connectivity index (χ2n) is 6.48. The molecule has 2 atom stereocenters. The Morgan fingerprint density at radius 1 is 1.42 bits per heavy atom. The van der Waals surface area contributed by atoms with Crippen LogP contribution in [0.2, 0.25) is 0 Å². The summed E-state index contributed by atoms with van der Waals surface area (Å²) in [5.41, 5.74) is 1.89. The minimum atomic E-state index is -0.363. The van der Waals surface area contributed by atoms with Gasteiger partial charge in [-0.25, -0.2) is 0 Å². The first kappa shape index (κ1) is 15.4. The van der Waals surface area contributed by atoms with Crippen molar-refractivity contribution in [2.24, 2.45) is 0 Å². The number of benzene rings is 1. The molecule has 24 heavy (non-hydrogen) atoms. The van der Waals surface area contributed by atoms with Gasteiger partial charge in [0.15, 0.2) is 0 Å². The summed E-state index contributed by atoms with van der Waals surface area (Å²) in [5.74, 6) is 0.686. The maximum absolute atomic E-state index is 12.6. The van der Waals surface area contributed by atoms with Gasteiger partial charge in [0.25, 0.3) is 0 Å². The van der Waals surface area contributed by atoms with E-state index in [-0.39, 0.29) is 22.7 Å². The molecule has 2 aromatic rings. The van der Waals surface area contributed by atoms with Gasteiger partial charge in [0.05, 0.1) is 10.4 Å². The first-order valence-electron chi connectivity index (χ1n) is 8.15. The number of aromatic nitrogens is 1. The molecule has 4 rings (SSSR count). The highest BCUT2D eigenvalue weighted by Crippen LogP contribution is 2.47. The molecule has 5 nitrogen and oxygen atoms in total. The summed E-state index contributed by atoms with van der Waals surface area (Å²) in [6.45, 7) is 2.48. The van der Waals surface area contributed by atoms with E-state index in [1.807, 2.05) is 30.3 Å². The summed E-state index contributed by atoms with van der Waals surface area (Å²) >= 11 is 1.71.